The van der Waals surface area contributed by atoms with E-state index in [1.165, 1.54) is 0 Å². The molecular formula is C16H19ClN2. The van der Waals surface area contributed by atoms with Gasteiger partial charge in [0.15, 0.2) is 0 Å². The van der Waals surface area contributed by atoms with E-state index in [-0.39, 0.29) is 0 Å². The normalized spacial score (nSPS) is 10.7. The van der Waals surface area contributed by atoms with Crippen molar-refractivity contribution in [1.29, 1.82) is 0 Å². The van der Waals surface area contributed by atoms with Crippen molar-refractivity contribution in [3.8, 4) is 11.1 Å². The summed E-state index contributed by atoms with van der Waals surface area (Å²) in [5.74, 6) is 0. The molecule has 0 aliphatic rings. The SMILES string of the molecule is CCCNCc1cc(-c2ccc(C)nc2)ccc1Cl. The third-order valence-corrected chi connectivity index (χ3v) is 3.40. The fourth-order valence-corrected chi connectivity index (χ4v) is 2.11. The average molecular weight is 275 g/mol. The van der Waals surface area contributed by atoms with Gasteiger partial charge in [-0.15, -0.1) is 0 Å². The summed E-state index contributed by atoms with van der Waals surface area (Å²) in [5.41, 5.74) is 4.44. The Morgan fingerprint density at radius 1 is 1.16 bits per heavy atom. The lowest BCUT2D eigenvalue weighted by molar-refractivity contribution is 0.676. The molecule has 1 aromatic carbocycles. The van der Waals surface area contributed by atoms with Crippen molar-refractivity contribution < 1.29 is 0 Å². The second-order valence-electron chi connectivity index (χ2n) is 4.67. The lowest BCUT2D eigenvalue weighted by Gasteiger charge is -2.09. The fourth-order valence-electron chi connectivity index (χ4n) is 1.93. The van der Waals surface area contributed by atoms with Gasteiger partial charge in [0.25, 0.3) is 0 Å². The summed E-state index contributed by atoms with van der Waals surface area (Å²) in [5, 5.41) is 4.19. The van der Waals surface area contributed by atoms with Crippen LogP contribution in [-0.2, 0) is 6.54 Å². The average Bonchev–Trinajstić information content (AvgIpc) is 2.42. The van der Waals surface area contributed by atoms with Gasteiger partial charge in [0.1, 0.15) is 0 Å². The van der Waals surface area contributed by atoms with Crippen LogP contribution >= 0.6 is 11.6 Å². The molecule has 3 heteroatoms. The number of pyridine rings is 1. The maximum absolute atomic E-state index is 6.23. The van der Waals surface area contributed by atoms with E-state index in [2.05, 4.69) is 29.4 Å². The van der Waals surface area contributed by atoms with Gasteiger partial charge in [-0.3, -0.25) is 4.98 Å². The van der Waals surface area contributed by atoms with Crippen LogP contribution in [-0.4, -0.2) is 11.5 Å². The highest BCUT2D eigenvalue weighted by Gasteiger charge is 2.04. The maximum Gasteiger partial charge on any atom is 0.0451 e. The van der Waals surface area contributed by atoms with Gasteiger partial charge in [-0.25, -0.2) is 0 Å². The molecule has 1 aromatic heterocycles. The molecule has 19 heavy (non-hydrogen) atoms. The molecule has 0 spiro atoms. The Morgan fingerprint density at radius 3 is 2.63 bits per heavy atom. The molecule has 2 nitrogen and oxygen atoms in total. The second kappa shape index (κ2) is 6.69. The number of nitrogens with one attached hydrogen (secondary N) is 1. The van der Waals surface area contributed by atoms with Crippen molar-refractivity contribution in [2.75, 3.05) is 6.54 Å². The summed E-state index contributed by atoms with van der Waals surface area (Å²) in [7, 11) is 0. The van der Waals surface area contributed by atoms with Gasteiger partial charge >= 0.3 is 0 Å². The number of hydrogen-bond acceptors (Lipinski definition) is 2. The smallest absolute Gasteiger partial charge is 0.0451 e. The van der Waals surface area contributed by atoms with E-state index in [1.54, 1.807) is 0 Å². The maximum atomic E-state index is 6.23. The van der Waals surface area contributed by atoms with Crippen molar-refractivity contribution in [2.24, 2.45) is 0 Å². The zero-order valence-electron chi connectivity index (χ0n) is 11.4. The molecule has 0 aliphatic carbocycles. The molecular weight excluding hydrogens is 256 g/mol. The zero-order valence-corrected chi connectivity index (χ0v) is 12.2. The molecule has 100 valence electrons. The first-order chi connectivity index (χ1) is 9.20. The first-order valence-corrected chi connectivity index (χ1v) is 7.00. The molecule has 0 unspecified atom stereocenters. The number of aromatic nitrogens is 1. The number of hydrogen-bond donors (Lipinski definition) is 1. The minimum absolute atomic E-state index is 0.805. The highest BCUT2D eigenvalue weighted by Crippen LogP contribution is 2.24. The van der Waals surface area contributed by atoms with E-state index >= 15 is 0 Å². The van der Waals surface area contributed by atoms with Gasteiger partial charge < -0.3 is 5.32 Å². The van der Waals surface area contributed by atoms with E-state index in [1.807, 2.05) is 31.3 Å². The van der Waals surface area contributed by atoms with Gasteiger partial charge in [-0.1, -0.05) is 30.7 Å². The third kappa shape index (κ3) is 3.79. The molecule has 2 rings (SSSR count). The summed E-state index contributed by atoms with van der Waals surface area (Å²) in [6.07, 6.45) is 3.03. The monoisotopic (exact) mass is 274 g/mol. The van der Waals surface area contributed by atoms with Crippen molar-refractivity contribution in [3.05, 3.63) is 52.8 Å². The van der Waals surface area contributed by atoms with Crippen LogP contribution in [0.5, 0.6) is 0 Å². The Balaban J connectivity index is 2.22. The molecule has 1 N–H and O–H groups in total. The van der Waals surface area contributed by atoms with Crippen LogP contribution in [0.1, 0.15) is 24.6 Å². The van der Waals surface area contributed by atoms with Crippen molar-refractivity contribution in [1.82, 2.24) is 10.3 Å². The van der Waals surface area contributed by atoms with Crippen LogP contribution < -0.4 is 5.32 Å². The highest BCUT2D eigenvalue weighted by atomic mass is 35.5. The molecule has 0 bridgehead atoms. The van der Waals surface area contributed by atoms with Crippen molar-refractivity contribution in [2.45, 2.75) is 26.8 Å². The largest absolute Gasteiger partial charge is 0.313 e. The second-order valence-corrected chi connectivity index (χ2v) is 5.08. The van der Waals surface area contributed by atoms with Crippen LogP contribution in [0.2, 0.25) is 5.02 Å². The van der Waals surface area contributed by atoms with Gasteiger partial charge in [0, 0.05) is 29.0 Å². The van der Waals surface area contributed by atoms with E-state index in [9.17, 15) is 0 Å². The van der Waals surface area contributed by atoms with Crippen LogP contribution in [0, 0.1) is 6.92 Å². The number of aryl methyl sites for hydroxylation is 1. The number of benzene rings is 1. The van der Waals surface area contributed by atoms with Crippen LogP contribution in [0.15, 0.2) is 36.5 Å². The Hall–Kier alpha value is -1.38. The number of halogens is 1. The number of nitrogens with zero attached hydrogens (tertiary/aromatic N) is 1. The van der Waals surface area contributed by atoms with Crippen LogP contribution in [0.4, 0.5) is 0 Å². The lowest BCUT2D eigenvalue weighted by atomic mass is 10.0. The minimum Gasteiger partial charge on any atom is -0.313 e. The van der Waals surface area contributed by atoms with E-state index in [0.29, 0.717) is 0 Å². The molecule has 1 heterocycles. The summed E-state index contributed by atoms with van der Waals surface area (Å²) < 4.78 is 0. The predicted octanol–water partition coefficient (Wildman–Crippen LogP) is 4.21. The standard InChI is InChI=1S/C16H19ClN2/c1-3-8-18-10-15-9-13(6-7-16(15)17)14-5-4-12(2)19-11-14/h4-7,9,11,18H,3,8,10H2,1-2H3. The molecule has 0 radical (unpaired) electrons. The first-order valence-electron chi connectivity index (χ1n) is 6.63. The van der Waals surface area contributed by atoms with Gasteiger partial charge in [-0.05, 0) is 49.2 Å². The minimum atomic E-state index is 0.805. The van der Waals surface area contributed by atoms with E-state index < -0.39 is 0 Å². The fraction of sp³-hybridized carbons (Fsp3) is 0.312. The van der Waals surface area contributed by atoms with Gasteiger partial charge in [-0.2, -0.15) is 0 Å². The molecule has 0 fully saturated rings. The van der Waals surface area contributed by atoms with Gasteiger partial charge in [0.2, 0.25) is 0 Å². The Kier molecular flexibility index (Phi) is 4.94. The lowest BCUT2D eigenvalue weighted by Crippen LogP contribution is -2.14. The molecule has 0 aliphatic heterocycles. The molecule has 0 amide bonds. The van der Waals surface area contributed by atoms with Crippen molar-refractivity contribution in [3.63, 3.8) is 0 Å². The quantitative estimate of drug-likeness (QED) is 0.826. The van der Waals surface area contributed by atoms with Gasteiger partial charge in [0.05, 0.1) is 0 Å². The molecule has 0 saturated carbocycles. The predicted molar refractivity (Wildman–Crippen MR) is 81.4 cm³/mol. The highest BCUT2D eigenvalue weighted by molar-refractivity contribution is 6.31. The first kappa shape index (κ1) is 14.0. The molecule has 0 saturated heterocycles. The Morgan fingerprint density at radius 2 is 1.95 bits per heavy atom. The summed E-state index contributed by atoms with van der Waals surface area (Å²) in [6.45, 7) is 5.96. The van der Waals surface area contributed by atoms with Crippen molar-refractivity contribution >= 4 is 11.6 Å². The Labute approximate surface area is 119 Å². The summed E-state index contributed by atoms with van der Waals surface area (Å²) >= 11 is 6.23. The number of rotatable bonds is 5. The third-order valence-electron chi connectivity index (χ3n) is 3.03. The topological polar surface area (TPSA) is 24.9 Å². The summed E-state index contributed by atoms with van der Waals surface area (Å²) in [6, 6.07) is 10.3. The van der Waals surface area contributed by atoms with E-state index in [4.69, 9.17) is 11.6 Å². The summed E-state index contributed by atoms with van der Waals surface area (Å²) in [4.78, 5) is 4.33. The van der Waals surface area contributed by atoms with Crippen LogP contribution in [0.25, 0.3) is 11.1 Å². The zero-order chi connectivity index (χ0) is 13.7. The Bertz CT molecular complexity index is 535. The molecule has 2 aromatic rings. The van der Waals surface area contributed by atoms with E-state index in [0.717, 1.165) is 46.9 Å². The van der Waals surface area contributed by atoms with Crippen LogP contribution in [0.3, 0.4) is 0 Å². The molecule has 0 atom stereocenters.